The van der Waals surface area contributed by atoms with Crippen LogP contribution in [0.1, 0.15) is 39.2 Å². The molecule has 0 bridgehead atoms. The van der Waals surface area contributed by atoms with E-state index in [1.165, 1.54) is 5.56 Å². The van der Waals surface area contributed by atoms with Crippen LogP contribution in [0.15, 0.2) is 30.3 Å². The summed E-state index contributed by atoms with van der Waals surface area (Å²) >= 11 is 0. The first kappa shape index (κ1) is 12.6. The Morgan fingerprint density at radius 1 is 1.12 bits per heavy atom. The number of rotatable bonds is 4. The fraction of sp³-hybridized carbons (Fsp3) is 0.600. The van der Waals surface area contributed by atoms with Gasteiger partial charge in [0.25, 0.3) is 0 Å². The lowest BCUT2D eigenvalue weighted by molar-refractivity contribution is -0.115. The predicted octanol–water partition coefficient (Wildman–Crippen LogP) is 3.55. The molecule has 94 valence electrons. The van der Waals surface area contributed by atoms with Crippen LogP contribution < -0.4 is 0 Å². The highest BCUT2D eigenvalue weighted by atomic mass is 16.6. The monoisotopic (exact) mass is 234 g/mol. The third kappa shape index (κ3) is 3.55. The average Bonchev–Trinajstić information content (AvgIpc) is 2.55. The van der Waals surface area contributed by atoms with Gasteiger partial charge in [0.15, 0.2) is 0 Å². The molecule has 1 saturated heterocycles. The van der Waals surface area contributed by atoms with Gasteiger partial charge in [-0.3, -0.25) is 0 Å². The summed E-state index contributed by atoms with van der Waals surface area (Å²) in [7, 11) is 0. The smallest absolute Gasteiger partial charge is 0.0895 e. The van der Waals surface area contributed by atoms with Gasteiger partial charge in [0.1, 0.15) is 0 Å². The van der Waals surface area contributed by atoms with Gasteiger partial charge in [0.05, 0.1) is 24.4 Å². The Morgan fingerprint density at radius 3 is 2.41 bits per heavy atom. The van der Waals surface area contributed by atoms with Gasteiger partial charge in [-0.05, 0) is 39.2 Å². The molecule has 1 heterocycles. The first-order chi connectivity index (χ1) is 7.99. The molecule has 0 radical (unpaired) electrons. The first-order valence-electron chi connectivity index (χ1n) is 6.31. The quantitative estimate of drug-likeness (QED) is 0.793. The van der Waals surface area contributed by atoms with Crippen molar-refractivity contribution in [3.63, 3.8) is 0 Å². The summed E-state index contributed by atoms with van der Waals surface area (Å²) in [4.78, 5) is 0. The standard InChI is InChI=1S/C15H22O2/c1-14(2)9-10-15(3,17-14)12-16-11-13-7-5-4-6-8-13/h4-8H,9-12H2,1-3H3. The molecule has 0 amide bonds. The maximum Gasteiger partial charge on any atom is 0.0895 e. The lowest BCUT2D eigenvalue weighted by Crippen LogP contribution is -2.33. The van der Waals surface area contributed by atoms with Crippen LogP contribution in [-0.2, 0) is 16.1 Å². The fourth-order valence-corrected chi connectivity index (χ4v) is 2.40. The van der Waals surface area contributed by atoms with Gasteiger partial charge < -0.3 is 9.47 Å². The molecular formula is C15H22O2. The molecule has 2 rings (SSSR count). The van der Waals surface area contributed by atoms with Crippen molar-refractivity contribution in [2.75, 3.05) is 6.61 Å². The van der Waals surface area contributed by atoms with Gasteiger partial charge in [0, 0.05) is 0 Å². The van der Waals surface area contributed by atoms with E-state index in [1.807, 2.05) is 18.2 Å². The number of ether oxygens (including phenoxy) is 2. The SMILES string of the molecule is CC1(C)CCC(C)(COCc2ccccc2)O1. The Labute approximate surface area is 104 Å². The predicted molar refractivity (Wildman–Crippen MR) is 68.9 cm³/mol. The van der Waals surface area contributed by atoms with Crippen LogP contribution in [0.2, 0.25) is 0 Å². The van der Waals surface area contributed by atoms with Gasteiger partial charge in [-0.1, -0.05) is 30.3 Å². The molecule has 1 aromatic carbocycles. The highest BCUT2D eigenvalue weighted by Gasteiger charge is 2.40. The van der Waals surface area contributed by atoms with Gasteiger partial charge >= 0.3 is 0 Å². The van der Waals surface area contributed by atoms with Gasteiger partial charge in [-0.2, -0.15) is 0 Å². The Balaban J connectivity index is 1.79. The maximum absolute atomic E-state index is 6.05. The third-order valence-corrected chi connectivity index (χ3v) is 3.30. The number of hydrogen-bond acceptors (Lipinski definition) is 2. The summed E-state index contributed by atoms with van der Waals surface area (Å²) in [5.74, 6) is 0. The minimum Gasteiger partial charge on any atom is -0.374 e. The Morgan fingerprint density at radius 2 is 1.82 bits per heavy atom. The van der Waals surface area contributed by atoms with E-state index in [9.17, 15) is 0 Å². The van der Waals surface area contributed by atoms with Crippen molar-refractivity contribution in [1.29, 1.82) is 0 Å². The molecule has 0 saturated carbocycles. The summed E-state index contributed by atoms with van der Waals surface area (Å²) in [6.45, 7) is 7.78. The van der Waals surface area contributed by atoms with Crippen molar-refractivity contribution in [1.82, 2.24) is 0 Å². The van der Waals surface area contributed by atoms with Crippen molar-refractivity contribution in [3.05, 3.63) is 35.9 Å². The lowest BCUT2D eigenvalue weighted by atomic mass is 10.0. The molecule has 1 atom stereocenters. The van der Waals surface area contributed by atoms with Crippen molar-refractivity contribution in [3.8, 4) is 0 Å². The van der Waals surface area contributed by atoms with Crippen molar-refractivity contribution in [2.24, 2.45) is 0 Å². The molecule has 0 spiro atoms. The van der Waals surface area contributed by atoms with Gasteiger partial charge in [-0.25, -0.2) is 0 Å². The largest absolute Gasteiger partial charge is 0.374 e. The van der Waals surface area contributed by atoms with Crippen LogP contribution in [0.3, 0.4) is 0 Å². The molecule has 1 aromatic rings. The molecule has 0 N–H and O–H groups in total. The van der Waals surface area contributed by atoms with E-state index < -0.39 is 0 Å². The summed E-state index contributed by atoms with van der Waals surface area (Å²) < 4.78 is 11.8. The first-order valence-corrected chi connectivity index (χ1v) is 6.31. The van der Waals surface area contributed by atoms with Crippen molar-refractivity contribution in [2.45, 2.75) is 51.4 Å². The third-order valence-electron chi connectivity index (χ3n) is 3.30. The summed E-state index contributed by atoms with van der Waals surface area (Å²) in [6, 6.07) is 10.3. The summed E-state index contributed by atoms with van der Waals surface area (Å²) in [6.07, 6.45) is 2.19. The average molecular weight is 234 g/mol. The molecule has 1 aliphatic rings. The Bertz CT molecular complexity index is 358. The van der Waals surface area contributed by atoms with Crippen LogP contribution in [-0.4, -0.2) is 17.8 Å². The van der Waals surface area contributed by atoms with Crippen LogP contribution in [0.4, 0.5) is 0 Å². The lowest BCUT2D eigenvalue weighted by Gasteiger charge is -2.27. The molecule has 2 nitrogen and oxygen atoms in total. The van der Waals surface area contributed by atoms with E-state index in [2.05, 4.69) is 32.9 Å². The van der Waals surface area contributed by atoms with Gasteiger partial charge in [-0.15, -0.1) is 0 Å². The highest BCUT2D eigenvalue weighted by Crippen LogP contribution is 2.37. The van der Waals surface area contributed by atoms with Crippen molar-refractivity contribution < 1.29 is 9.47 Å². The summed E-state index contributed by atoms with van der Waals surface area (Å²) in [5.41, 5.74) is 1.11. The molecule has 2 heteroatoms. The minimum atomic E-state index is -0.113. The zero-order valence-corrected chi connectivity index (χ0v) is 11.0. The zero-order chi connectivity index (χ0) is 12.4. The molecule has 0 aromatic heterocycles. The van der Waals surface area contributed by atoms with Crippen LogP contribution >= 0.6 is 0 Å². The van der Waals surface area contributed by atoms with E-state index >= 15 is 0 Å². The second-order valence-corrected chi connectivity index (χ2v) is 5.79. The Hall–Kier alpha value is -0.860. The molecular weight excluding hydrogens is 212 g/mol. The Kier molecular flexibility index (Phi) is 3.55. The second kappa shape index (κ2) is 4.79. The van der Waals surface area contributed by atoms with E-state index in [0.29, 0.717) is 13.2 Å². The fourth-order valence-electron chi connectivity index (χ4n) is 2.40. The second-order valence-electron chi connectivity index (χ2n) is 5.79. The number of hydrogen-bond donors (Lipinski definition) is 0. The van der Waals surface area contributed by atoms with E-state index in [4.69, 9.17) is 9.47 Å². The van der Waals surface area contributed by atoms with E-state index in [1.54, 1.807) is 0 Å². The topological polar surface area (TPSA) is 18.5 Å². The summed E-state index contributed by atoms with van der Waals surface area (Å²) in [5, 5.41) is 0. The van der Waals surface area contributed by atoms with Crippen LogP contribution in [0.25, 0.3) is 0 Å². The molecule has 1 fully saturated rings. The van der Waals surface area contributed by atoms with Crippen LogP contribution in [0.5, 0.6) is 0 Å². The maximum atomic E-state index is 6.05. The minimum absolute atomic E-state index is 0.00482. The van der Waals surface area contributed by atoms with E-state index in [0.717, 1.165) is 12.8 Å². The number of benzene rings is 1. The van der Waals surface area contributed by atoms with Crippen molar-refractivity contribution >= 4 is 0 Å². The molecule has 17 heavy (non-hydrogen) atoms. The highest BCUT2D eigenvalue weighted by molar-refractivity contribution is 5.13. The van der Waals surface area contributed by atoms with Gasteiger partial charge in [0.2, 0.25) is 0 Å². The van der Waals surface area contributed by atoms with Crippen LogP contribution in [0, 0.1) is 0 Å². The zero-order valence-electron chi connectivity index (χ0n) is 11.0. The molecule has 1 unspecified atom stereocenters. The molecule has 1 aliphatic heterocycles. The van der Waals surface area contributed by atoms with E-state index in [-0.39, 0.29) is 11.2 Å². The molecule has 0 aliphatic carbocycles. The normalized spacial score (nSPS) is 27.2.